The first kappa shape index (κ1) is 14.7. The Morgan fingerprint density at radius 3 is 2.67 bits per heavy atom. The number of carbonyl (C=O) groups excluding carboxylic acids is 1. The third-order valence-electron chi connectivity index (χ3n) is 3.01. The van der Waals surface area contributed by atoms with Crippen molar-refractivity contribution in [2.45, 2.75) is 12.7 Å². The van der Waals surface area contributed by atoms with Gasteiger partial charge >= 0.3 is 137 Å². The second kappa shape index (κ2) is 6.66. The van der Waals surface area contributed by atoms with Crippen molar-refractivity contribution >= 4 is 38.0 Å². The van der Waals surface area contributed by atoms with Crippen molar-refractivity contribution in [2.75, 3.05) is 0 Å². The molecule has 0 aromatic heterocycles. The van der Waals surface area contributed by atoms with E-state index in [4.69, 9.17) is 3.07 Å². The molecule has 2 aromatic carbocycles. The van der Waals surface area contributed by atoms with Gasteiger partial charge in [-0.05, 0) is 0 Å². The van der Waals surface area contributed by atoms with Crippen LogP contribution in [0, 0.1) is 3.57 Å². The zero-order chi connectivity index (χ0) is 14.7. The summed E-state index contributed by atoms with van der Waals surface area (Å²) >= 11 is -0.143. The zero-order valence-electron chi connectivity index (χ0n) is 11.6. The SMILES string of the molecule is C/C(=C/I1OC(=O)c2ccccc21)SCc1ccccc1. The summed E-state index contributed by atoms with van der Waals surface area (Å²) < 4.78 is 8.88. The first-order chi connectivity index (χ1) is 10.2. The van der Waals surface area contributed by atoms with Gasteiger partial charge in [0.1, 0.15) is 0 Å². The van der Waals surface area contributed by atoms with E-state index < -0.39 is 20.2 Å². The number of carbonyl (C=O) groups is 1. The molecule has 3 rings (SSSR count). The Balaban J connectivity index is 1.70. The van der Waals surface area contributed by atoms with Gasteiger partial charge in [-0.25, -0.2) is 0 Å². The standard InChI is InChI=1S/C17H15IO2S/c1-13(21-12-14-7-3-2-4-8-14)11-18-16-10-6-5-9-15(16)17(19)20-18/h2-11H,12H2,1H3/b13-11-. The van der Waals surface area contributed by atoms with Crippen LogP contribution in [0.15, 0.2) is 63.6 Å². The fourth-order valence-corrected chi connectivity index (χ4v) is 7.40. The molecular weight excluding hydrogens is 395 g/mol. The second-order valence-corrected chi connectivity index (χ2v) is 9.63. The van der Waals surface area contributed by atoms with Crippen molar-refractivity contribution in [3.05, 3.63) is 78.3 Å². The van der Waals surface area contributed by atoms with Crippen LogP contribution in [-0.4, -0.2) is 5.97 Å². The van der Waals surface area contributed by atoms with Crippen molar-refractivity contribution in [1.29, 1.82) is 0 Å². The van der Waals surface area contributed by atoms with E-state index in [9.17, 15) is 4.79 Å². The Morgan fingerprint density at radius 2 is 1.86 bits per heavy atom. The maximum absolute atomic E-state index is 11.8. The summed E-state index contributed by atoms with van der Waals surface area (Å²) in [5.41, 5.74) is 2.06. The first-order valence-corrected chi connectivity index (χ1v) is 10.8. The summed E-state index contributed by atoms with van der Waals surface area (Å²) in [6, 6.07) is 18.1. The Hall–Kier alpha value is -1.27. The van der Waals surface area contributed by atoms with E-state index in [1.165, 1.54) is 10.5 Å². The summed E-state index contributed by atoms with van der Waals surface area (Å²) in [5, 5.41) is 0. The molecule has 0 N–H and O–H groups in total. The number of benzene rings is 2. The first-order valence-electron chi connectivity index (χ1n) is 6.59. The van der Waals surface area contributed by atoms with Crippen molar-refractivity contribution in [3.63, 3.8) is 0 Å². The number of rotatable bonds is 4. The van der Waals surface area contributed by atoms with E-state index in [1.54, 1.807) is 11.8 Å². The molecule has 0 saturated carbocycles. The van der Waals surface area contributed by atoms with Crippen LogP contribution in [-0.2, 0) is 8.82 Å². The quantitative estimate of drug-likeness (QED) is 0.645. The topological polar surface area (TPSA) is 26.3 Å². The predicted molar refractivity (Wildman–Crippen MR) is 96.1 cm³/mol. The third-order valence-corrected chi connectivity index (χ3v) is 8.94. The van der Waals surface area contributed by atoms with Gasteiger partial charge in [0, 0.05) is 0 Å². The number of halogens is 1. The molecule has 21 heavy (non-hydrogen) atoms. The molecular formula is C17H15IO2S. The molecule has 0 atom stereocenters. The van der Waals surface area contributed by atoms with Gasteiger partial charge in [-0.15, -0.1) is 0 Å². The van der Waals surface area contributed by atoms with Crippen LogP contribution in [0.4, 0.5) is 0 Å². The molecule has 108 valence electrons. The van der Waals surface area contributed by atoms with Crippen LogP contribution in [0.2, 0.25) is 0 Å². The van der Waals surface area contributed by atoms with E-state index in [0.29, 0.717) is 0 Å². The normalized spacial score (nSPS) is 15.8. The van der Waals surface area contributed by atoms with Crippen LogP contribution in [0.3, 0.4) is 0 Å². The third kappa shape index (κ3) is 3.49. The summed E-state index contributed by atoms with van der Waals surface area (Å²) in [5.74, 6) is 0.788. The average Bonchev–Trinajstić information content (AvgIpc) is 2.83. The van der Waals surface area contributed by atoms with E-state index in [1.807, 2.05) is 30.3 Å². The summed E-state index contributed by atoms with van der Waals surface area (Å²) in [6.45, 7) is 2.10. The van der Waals surface area contributed by atoms with Crippen LogP contribution in [0.1, 0.15) is 22.8 Å². The molecule has 0 radical (unpaired) electrons. The number of thioether (sulfide) groups is 1. The second-order valence-electron chi connectivity index (χ2n) is 4.61. The van der Waals surface area contributed by atoms with E-state index in [2.05, 4.69) is 35.3 Å². The van der Waals surface area contributed by atoms with Gasteiger partial charge in [0.15, 0.2) is 0 Å². The molecule has 0 saturated heterocycles. The number of hydrogen-bond donors (Lipinski definition) is 0. The maximum atomic E-state index is 11.8. The van der Waals surface area contributed by atoms with Crippen molar-refractivity contribution in [2.24, 2.45) is 0 Å². The van der Waals surface area contributed by atoms with Crippen molar-refractivity contribution in [3.8, 4) is 0 Å². The Labute approximate surface area is 136 Å². The monoisotopic (exact) mass is 410 g/mol. The van der Waals surface area contributed by atoms with Gasteiger partial charge in [0.05, 0.1) is 0 Å². The fourth-order valence-electron chi connectivity index (χ4n) is 1.97. The summed E-state index contributed by atoms with van der Waals surface area (Å²) in [7, 11) is 0. The molecule has 1 heterocycles. The molecule has 1 aliphatic rings. The van der Waals surface area contributed by atoms with Crippen LogP contribution in [0.5, 0.6) is 0 Å². The molecule has 0 spiro atoms. The van der Waals surface area contributed by atoms with E-state index in [-0.39, 0.29) is 5.97 Å². The van der Waals surface area contributed by atoms with E-state index in [0.717, 1.165) is 14.9 Å². The van der Waals surface area contributed by atoms with Gasteiger partial charge in [-0.3, -0.25) is 0 Å². The van der Waals surface area contributed by atoms with Crippen LogP contribution in [0.25, 0.3) is 0 Å². The van der Waals surface area contributed by atoms with Crippen LogP contribution >= 0.6 is 32.0 Å². The van der Waals surface area contributed by atoms with E-state index >= 15 is 0 Å². The van der Waals surface area contributed by atoms with Gasteiger partial charge in [0.25, 0.3) is 0 Å². The fraction of sp³-hybridized carbons (Fsp3) is 0.118. The molecule has 0 bridgehead atoms. The summed E-state index contributed by atoms with van der Waals surface area (Å²) in [6.07, 6.45) is 0. The Morgan fingerprint density at radius 1 is 1.14 bits per heavy atom. The molecule has 0 aliphatic carbocycles. The molecule has 2 nitrogen and oxygen atoms in total. The summed E-state index contributed by atoms with van der Waals surface area (Å²) in [4.78, 5) is 13.0. The van der Waals surface area contributed by atoms with Crippen molar-refractivity contribution in [1.82, 2.24) is 0 Å². The molecule has 0 fully saturated rings. The molecule has 4 heteroatoms. The van der Waals surface area contributed by atoms with Gasteiger partial charge in [0.2, 0.25) is 0 Å². The van der Waals surface area contributed by atoms with Crippen LogP contribution < -0.4 is 0 Å². The minimum absolute atomic E-state index is 0.159. The molecule has 1 aliphatic heterocycles. The molecule has 2 aromatic rings. The Bertz CT molecular complexity index is 682. The van der Waals surface area contributed by atoms with Crippen molar-refractivity contribution < 1.29 is 7.86 Å². The molecule has 0 unspecified atom stereocenters. The number of hydrogen-bond acceptors (Lipinski definition) is 3. The van der Waals surface area contributed by atoms with Gasteiger partial charge in [-0.1, -0.05) is 0 Å². The number of allylic oxidation sites excluding steroid dienone is 1. The Kier molecular flexibility index (Phi) is 4.65. The zero-order valence-corrected chi connectivity index (χ0v) is 14.6. The number of fused-ring (bicyclic) bond motifs is 1. The van der Waals surface area contributed by atoms with Gasteiger partial charge in [-0.2, -0.15) is 0 Å². The predicted octanol–water partition coefficient (Wildman–Crippen LogP) is 5.24. The van der Waals surface area contributed by atoms with Gasteiger partial charge < -0.3 is 0 Å². The average molecular weight is 410 g/mol. The molecule has 0 amide bonds. The minimum atomic E-state index is -1.94.